The van der Waals surface area contributed by atoms with Crippen molar-refractivity contribution in [3.8, 4) is 0 Å². The lowest BCUT2D eigenvalue weighted by Gasteiger charge is -2.26. The number of carbonyl (C=O) groups excluding carboxylic acids is 1. The van der Waals surface area contributed by atoms with Crippen molar-refractivity contribution in [1.29, 1.82) is 0 Å². The summed E-state index contributed by atoms with van der Waals surface area (Å²) >= 11 is 0. The normalized spacial score (nSPS) is 17.0. The number of amides is 1. The highest BCUT2D eigenvalue weighted by molar-refractivity contribution is 5.92. The molecule has 3 N–H and O–H groups in total. The van der Waals surface area contributed by atoms with Crippen LogP contribution in [0.5, 0.6) is 0 Å². The van der Waals surface area contributed by atoms with Gasteiger partial charge in [-0.2, -0.15) is 0 Å². The predicted molar refractivity (Wildman–Crippen MR) is 58.5 cm³/mol. The predicted octanol–water partition coefficient (Wildman–Crippen LogP) is -0.359. The Hall–Kier alpha value is -1.66. The highest BCUT2D eigenvalue weighted by Gasteiger charge is 2.14. The molecule has 1 aliphatic heterocycles. The van der Waals surface area contributed by atoms with Crippen molar-refractivity contribution in [2.24, 2.45) is 0 Å². The van der Waals surface area contributed by atoms with Crippen molar-refractivity contribution in [2.75, 3.05) is 32.0 Å². The number of rotatable bonds is 2. The van der Waals surface area contributed by atoms with Gasteiger partial charge in [-0.15, -0.1) is 0 Å². The molecule has 0 spiro atoms. The third kappa shape index (κ3) is 2.68. The fourth-order valence-electron chi connectivity index (χ4n) is 1.42. The van der Waals surface area contributed by atoms with Crippen LogP contribution in [0.2, 0.25) is 0 Å². The number of hydrogen-bond donors (Lipinski definition) is 2. The van der Waals surface area contributed by atoms with E-state index in [0.717, 1.165) is 0 Å². The molecule has 1 saturated heterocycles. The maximum atomic E-state index is 11.7. The number of morpholine rings is 1. The molecule has 2 rings (SSSR count). The number of hydrogen-bond acceptors (Lipinski definition) is 5. The van der Waals surface area contributed by atoms with Crippen molar-refractivity contribution in [2.45, 2.75) is 0 Å². The maximum Gasteiger partial charge on any atom is 0.284 e. The minimum atomic E-state index is -0.220. The molecule has 6 nitrogen and oxygen atoms in total. The van der Waals surface area contributed by atoms with E-state index in [1.165, 1.54) is 6.20 Å². The Bertz CT molecular complexity index is 360. The van der Waals surface area contributed by atoms with Gasteiger partial charge in [-0.25, -0.2) is 9.99 Å². The molecule has 0 aromatic carbocycles. The first-order valence-electron chi connectivity index (χ1n) is 5.11. The fraction of sp³-hybridized carbons (Fsp3) is 0.400. The number of anilines is 1. The van der Waals surface area contributed by atoms with Gasteiger partial charge in [-0.05, 0) is 12.1 Å². The highest BCUT2D eigenvalue weighted by atomic mass is 16.5. The van der Waals surface area contributed by atoms with Crippen LogP contribution in [0, 0.1) is 0 Å². The number of aromatic nitrogens is 1. The Morgan fingerprint density at radius 2 is 2.19 bits per heavy atom. The summed E-state index contributed by atoms with van der Waals surface area (Å²) in [5, 5.41) is 1.82. The van der Waals surface area contributed by atoms with Crippen molar-refractivity contribution in [3.05, 3.63) is 24.0 Å². The second-order valence-electron chi connectivity index (χ2n) is 3.52. The van der Waals surface area contributed by atoms with E-state index < -0.39 is 0 Å². The summed E-state index contributed by atoms with van der Waals surface area (Å²) in [6.07, 6.45) is 1.47. The Labute approximate surface area is 93.4 Å². The van der Waals surface area contributed by atoms with Gasteiger partial charge in [0, 0.05) is 13.1 Å². The van der Waals surface area contributed by atoms with Crippen molar-refractivity contribution in [3.63, 3.8) is 0 Å². The number of hydrazine groups is 1. The van der Waals surface area contributed by atoms with Gasteiger partial charge >= 0.3 is 0 Å². The molecular weight excluding hydrogens is 208 g/mol. The van der Waals surface area contributed by atoms with Gasteiger partial charge < -0.3 is 10.5 Å². The van der Waals surface area contributed by atoms with Crippen LogP contribution in [0.4, 0.5) is 5.69 Å². The average molecular weight is 222 g/mol. The number of nitrogens with one attached hydrogen (secondary N) is 1. The molecule has 1 aromatic rings. The quantitative estimate of drug-likeness (QED) is 0.714. The topological polar surface area (TPSA) is 80.5 Å². The lowest BCUT2D eigenvalue weighted by molar-refractivity contribution is 0.0124. The summed E-state index contributed by atoms with van der Waals surface area (Å²) in [7, 11) is 0. The van der Waals surface area contributed by atoms with Gasteiger partial charge in [-0.1, -0.05) is 0 Å². The van der Waals surface area contributed by atoms with Crippen LogP contribution in [-0.4, -0.2) is 42.2 Å². The lowest BCUT2D eigenvalue weighted by atomic mass is 10.3. The Morgan fingerprint density at radius 1 is 1.44 bits per heavy atom. The number of ether oxygens (including phenoxy) is 1. The summed E-state index contributed by atoms with van der Waals surface area (Å²) < 4.78 is 5.18. The van der Waals surface area contributed by atoms with Gasteiger partial charge in [-0.3, -0.25) is 10.2 Å². The van der Waals surface area contributed by atoms with Gasteiger partial charge in [0.25, 0.3) is 5.91 Å². The van der Waals surface area contributed by atoms with E-state index in [2.05, 4.69) is 10.4 Å². The molecule has 0 atom stereocenters. The van der Waals surface area contributed by atoms with Gasteiger partial charge in [0.15, 0.2) is 0 Å². The Balaban J connectivity index is 1.94. The zero-order valence-electron chi connectivity index (χ0n) is 8.85. The van der Waals surface area contributed by atoms with Gasteiger partial charge in [0.1, 0.15) is 5.69 Å². The van der Waals surface area contributed by atoms with Crippen molar-refractivity contribution < 1.29 is 9.53 Å². The second kappa shape index (κ2) is 4.91. The summed E-state index contributed by atoms with van der Waals surface area (Å²) in [6, 6.07) is 3.26. The van der Waals surface area contributed by atoms with Crippen LogP contribution in [0.1, 0.15) is 10.5 Å². The minimum Gasteiger partial charge on any atom is -0.397 e. The highest BCUT2D eigenvalue weighted by Crippen LogP contribution is 2.01. The lowest BCUT2D eigenvalue weighted by Crippen LogP contribution is -2.48. The van der Waals surface area contributed by atoms with E-state index in [-0.39, 0.29) is 5.91 Å². The van der Waals surface area contributed by atoms with Crippen LogP contribution < -0.4 is 11.2 Å². The molecule has 0 unspecified atom stereocenters. The fourth-order valence-corrected chi connectivity index (χ4v) is 1.42. The van der Waals surface area contributed by atoms with Crippen LogP contribution in [-0.2, 0) is 4.74 Å². The van der Waals surface area contributed by atoms with E-state index in [0.29, 0.717) is 37.7 Å². The Kier molecular flexibility index (Phi) is 3.33. The number of carbonyl (C=O) groups is 1. The van der Waals surface area contributed by atoms with E-state index >= 15 is 0 Å². The van der Waals surface area contributed by atoms with Gasteiger partial charge in [0.2, 0.25) is 0 Å². The molecule has 86 valence electrons. The number of nitrogens with zero attached hydrogens (tertiary/aromatic N) is 2. The summed E-state index contributed by atoms with van der Waals surface area (Å²) in [4.78, 5) is 15.7. The smallest absolute Gasteiger partial charge is 0.284 e. The Morgan fingerprint density at radius 3 is 2.81 bits per heavy atom. The average Bonchev–Trinajstić information content (AvgIpc) is 2.31. The van der Waals surface area contributed by atoms with Crippen LogP contribution in [0.3, 0.4) is 0 Å². The first kappa shape index (κ1) is 10.8. The molecule has 6 heteroatoms. The molecule has 0 radical (unpaired) electrons. The molecule has 1 aromatic heterocycles. The van der Waals surface area contributed by atoms with Gasteiger partial charge in [0.05, 0.1) is 25.1 Å². The number of nitrogens with two attached hydrogens (primary N) is 1. The van der Waals surface area contributed by atoms with Crippen LogP contribution >= 0.6 is 0 Å². The molecule has 1 aliphatic rings. The van der Waals surface area contributed by atoms with E-state index in [1.54, 1.807) is 12.1 Å². The summed E-state index contributed by atoms with van der Waals surface area (Å²) in [5.74, 6) is -0.220. The molecule has 16 heavy (non-hydrogen) atoms. The van der Waals surface area contributed by atoms with Crippen LogP contribution in [0.25, 0.3) is 0 Å². The SMILES string of the molecule is Nc1ccc(C(=O)NN2CCOCC2)nc1. The van der Waals surface area contributed by atoms with Crippen molar-refractivity contribution in [1.82, 2.24) is 15.4 Å². The molecule has 0 aliphatic carbocycles. The third-order valence-corrected chi connectivity index (χ3v) is 2.29. The van der Waals surface area contributed by atoms with E-state index in [9.17, 15) is 4.79 Å². The standard InChI is InChI=1S/C10H14N4O2/c11-8-1-2-9(12-7-8)10(15)13-14-3-5-16-6-4-14/h1-2,7H,3-6,11H2,(H,13,15). The molecule has 1 fully saturated rings. The molecule has 0 bridgehead atoms. The summed E-state index contributed by atoms with van der Waals surface area (Å²) in [6.45, 7) is 2.66. The summed E-state index contributed by atoms with van der Waals surface area (Å²) in [5.41, 5.74) is 9.16. The molecular formula is C10H14N4O2. The van der Waals surface area contributed by atoms with Crippen molar-refractivity contribution >= 4 is 11.6 Å². The van der Waals surface area contributed by atoms with E-state index in [4.69, 9.17) is 10.5 Å². The number of nitrogen functional groups attached to an aromatic ring is 1. The first-order chi connectivity index (χ1) is 7.75. The number of pyridine rings is 1. The minimum absolute atomic E-state index is 0.220. The maximum absolute atomic E-state index is 11.7. The monoisotopic (exact) mass is 222 g/mol. The third-order valence-electron chi connectivity index (χ3n) is 2.29. The van der Waals surface area contributed by atoms with Crippen LogP contribution in [0.15, 0.2) is 18.3 Å². The first-order valence-corrected chi connectivity index (χ1v) is 5.11. The molecule has 0 saturated carbocycles. The second-order valence-corrected chi connectivity index (χ2v) is 3.52. The molecule has 2 heterocycles. The largest absolute Gasteiger partial charge is 0.397 e. The molecule has 1 amide bonds. The van der Waals surface area contributed by atoms with E-state index in [1.807, 2.05) is 5.01 Å². The zero-order chi connectivity index (χ0) is 11.4. The zero-order valence-corrected chi connectivity index (χ0v) is 8.85.